The first kappa shape index (κ1) is 16.6. The number of nitrogens with zero attached hydrogens (tertiary/aromatic N) is 1. The average molecular weight is 284 g/mol. The number of benzene rings is 1. The molecule has 0 fully saturated rings. The third kappa shape index (κ3) is 6.04. The van der Waals surface area contributed by atoms with Gasteiger partial charge in [0.1, 0.15) is 5.82 Å². The van der Waals surface area contributed by atoms with Gasteiger partial charge < -0.3 is 0 Å². The smallest absolute Gasteiger partial charge is 0.123 e. The summed E-state index contributed by atoms with van der Waals surface area (Å²) >= 11 is 0. The molecule has 0 heterocycles. The summed E-state index contributed by atoms with van der Waals surface area (Å²) in [6.07, 6.45) is 11.5. The molecule has 0 bridgehead atoms. The van der Waals surface area contributed by atoms with E-state index in [2.05, 4.69) is 23.7 Å². The standard InChI is InChI=1S/C18H21FN2/c1-4-7-13-20-21-18(8-5-2)16(6-3)14-15-9-11-17(19)12-10-15/h4-13,16,21H,2-3,14H2,1H3/b7-4-,18-8-,20-13-. The van der Waals surface area contributed by atoms with E-state index in [1.807, 2.05) is 31.2 Å². The monoisotopic (exact) mass is 284 g/mol. The first-order valence-electron chi connectivity index (χ1n) is 6.81. The first-order valence-corrected chi connectivity index (χ1v) is 6.81. The summed E-state index contributed by atoms with van der Waals surface area (Å²) in [5.41, 5.74) is 4.93. The third-order valence-electron chi connectivity index (χ3n) is 2.90. The van der Waals surface area contributed by atoms with Crippen LogP contribution in [0.3, 0.4) is 0 Å². The van der Waals surface area contributed by atoms with Crippen molar-refractivity contribution in [1.82, 2.24) is 5.43 Å². The summed E-state index contributed by atoms with van der Waals surface area (Å²) in [4.78, 5) is 0. The fourth-order valence-corrected chi connectivity index (χ4v) is 1.81. The van der Waals surface area contributed by atoms with E-state index < -0.39 is 0 Å². The Morgan fingerprint density at radius 1 is 1.33 bits per heavy atom. The van der Waals surface area contributed by atoms with E-state index in [-0.39, 0.29) is 11.7 Å². The average Bonchev–Trinajstić information content (AvgIpc) is 2.50. The van der Waals surface area contributed by atoms with Gasteiger partial charge in [0.2, 0.25) is 0 Å². The molecule has 0 aliphatic carbocycles. The van der Waals surface area contributed by atoms with E-state index in [1.165, 1.54) is 12.1 Å². The zero-order valence-corrected chi connectivity index (χ0v) is 12.3. The molecule has 0 aromatic heterocycles. The highest BCUT2D eigenvalue weighted by Crippen LogP contribution is 2.17. The molecule has 0 saturated carbocycles. The van der Waals surface area contributed by atoms with Crippen LogP contribution in [0.2, 0.25) is 0 Å². The minimum atomic E-state index is -0.232. The molecule has 0 aliphatic rings. The lowest BCUT2D eigenvalue weighted by atomic mass is 9.96. The Kier molecular flexibility index (Phi) is 7.51. The molecule has 0 spiro atoms. The molecule has 1 aromatic carbocycles. The van der Waals surface area contributed by atoms with Gasteiger partial charge in [-0.25, -0.2) is 4.39 Å². The van der Waals surface area contributed by atoms with Crippen molar-refractivity contribution < 1.29 is 4.39 Å². The minimum Gasteiger partial charge on any atom is -0.282 e. The maximum absolute atomic E-state index is 12.9. The van der Waals surface area contributed by atoms with Crippen LogP contribution in [-0.4, -0.2) is 6.21 Å². The van der Waals surface area contributed by atoms with Crippen molar-refractivity contribution in [2.45, 2.75) is 13.3 Å². The predicted octanol–water partition coefficient (Wildman–Crippen LogP) is 4.39. The van der Waals surface area contributed by atoms with Crippen LogP contribution in [0.1, 0.15) is 12.5 Å². The van der Waals surface area contributed by atoms with Crippen LogP contribution in [0.5, 0.6) is 0 Å². The minimum absolute atomic E-state index is 0.0521. The third-order valence-corrected chi connectivity index (χ3v) is 2.90. The SMILES string of the molecule is C=C/C=C(\N/N=C\C=C/C)C(C=C)Cc1ccc(F)cc1. The van der Waals surface area contributed by atoms with E-state index in [4.69, 9.17) is 0 Å². The topological polar surface area (TPSA) is 24.4 Å². The van der Waals surface area contributed by atoms with E-state index in [0.717, 1.165) is 17.7 Å². The van der Waals surface area contributed by atoms with Crippen LogP contribution in [-0.2, 0) is 6.42 Å². The molecule has 0 radical (unpaired) electrons. The van der Waals surface area contributed by atoms with Crippen LogP contribution in [0, 0.1) is 11.7 Å². The number of allylic oxidation sites excluding steroid dienone is 5. The van der Waals surface area contributed by atoms with Crippen LogP contribution in [0.4, 0.5) is 4.39 Å². The summed E-state index contributed by atoms with van der Waals surface area (Å²) in [6.45, 7) is 9.51. The van der Waals surface area contributed by atoms with Gasteiger partial charge >= 0.3 is 0 Å². The van der Waals surface area contributed by atoms with Gasteiger partial charge in [0, 0.05) is 17.8 Å². The van der Waals surface area contributed by atoms with Gasteiger partial charge in [0.15, 0.2) is 0 Å². The number of halogens is 1. The molecule has 2 nitrogen and oxygen atoms in total. The van der Waals surface area contributed by atoms with Crippen molar-refractivity contribution in [3.8, 4) is 0 Å². The zero-order chi connectivity index (χ0) is 15.5. The Morgan fingerprint density at radius 3 is 2.62 bits per heavy atom. The first-order chi connectivity index (χ1) is 10.2. The van der Waals surface area contributed by atoms with Crippen molar-refractivity contribution in [2.24, 2.45) is 11.0 Å². The van der Waals surface area contributed by atoms with Crippen molar-refractivity contribution in [3.63, 3.8) is 0 Å². The van der Waals surface area contributed by atoms with Gasteiger partial charge in [-0.3, -0.25) is 5.43 Å². The molecule has 0 saturated heterocycles. The Balaban J connectivity index is 2.82. The Hall–Kier alpha value is -2.42. The molecule has 1 unspecified atom stereocenters. The van der Waals surface area contributed by atoms with Crippen molar-refractivity contribution in [3.05, 3.63) is 84.9 Å². The Bertz CT molecular complexity index is 539. The molecule has 1 rings (SSSR count). The maximum atomic E-state index is 12.9. The molecular formula is C18H21FN2. The molecule has 3 heteroatoms. The lowest BCUT2D eigenvalue weighted by Crippen LogP contribution is -2.16. The fraction of sp³-hybridized carbons (Fsp3) is 0.167. The largest absolute Gasteiger partial charge is 0.282 e. The van der Waals surface area contributed by atoms with E-state index >= 15 is 0 Å². The van der Waals surface area contributed by atoms with E-state index in [0.29, 0.717) is 0 Å². The summed E-state index contributed by atoms with van der Waals surface area (Å²) < 4.78 is 12.9. The normalized spacial score (nSPS) is 13.5. The Labute approximate surface area is 126 Å². The second kappa shape index (κ2) is 9.48. The molecule has 1 N–H and O–H groups in total. The molecule has 1 aromatic rings. The van der Waals surface area contributed by atoms with Gasteiger partial charge in [-0.15, -0.1) is 6.58 Å². The van der Waals surface area contributed by atoms with Gasteiger partial charge in [0.05, 0.1) is 0 Å². The summed E-state index contributed by atoms with van der Waals surface area (Å²) in [5.74, 6) is -0.180. The second-order valence-corrected chi connectivity index (χ2v) is 4.45. The van der Waals surface area contributed by atoms with Crippen LogP contribution in [0.15, 0.2) is 78.6 Å². The zero-order valence-electron chi connectivity index (χ0n) is 12.3. The summed E-state index contributed by atoms with van der Waals surface area (Å²) in [6, 6.07) is 6.48. The van der Waals surface area contributed by atoms with E-state index in [9.17, 15) is 4.39 Å². The second-order valence-electron chi connectivity index (χ2n) is 4.45. The van der Waals surface area contributed by atoms with Crippen molar-refractivity contribution >= 4 is 6.21 Å². The molecule has 21 heavy (non-hydrogen) atoms. The summed E-state index contributed by atoms with van der Waals surface area (Å²) in [7, 11) is 0. The highest BCUT2D eigenvalue weighted by molar-refractivity contribution is 5.70. The highest BCUT2D eigenvalue weighted by Gasteiger charge is 2.11. The Morgan fingerprint density at radius 2 is 2.05 bits per heavy atom. The molecule has 0 amide bonds. The molecular weight excluding hydrogens is 263 g/mol. The van der Waals surface area contributed by atoms with Crippen LogP contribution >= 0.6 is 0 Å². The van der Waals surface area contributed by atoms with Gasteiger partial charge in [-0.05, 0) is 43.2 Å². The quantitative estimate of drug-likeness (QED) is 0.325. The lowest BCUT2D eigenvalue weighted by molar-refractivity contribution is 0.624. The van der Waals surface area contributed by atoms with Gasteiger partial charge in [-0.2, -0.15) is 5.10 Å². The predicted molar refractivity (Wildman–Crippen MR) is 88.5 cm³/mol. The van der Waals surface area contributed by atoms with Crippen LogP contribution < -0.4 is 5.43 Å². The highest BCUT2D eigenvalue weighted by atomic mass is 19.1. The number of rotatable bonds is 8. The molecule has 1 atom stereocenters. The van der Waals surface area contributed by atoms with Gasteiger partial charge in [0.25, 0.3) is 0 Å². The maximum Gasteiger partial charge on any atom is 0.123 e. The number of hydrogen-bond donors (Lipinski definition) is 1. The molecule has 110 valence electrons. The van der Waals surface area contributed by atoms with Gasteiger partial charge in [-0.1, -0.05) is 36.9 Å². The summed E-state index contributed by atoms with van der Waals surface area (Å²) in [5, 5.41) is 4.12. The number of hydrogen-bond acceptors (Lipinski definition) is 2. The number of nitrogens with one attached hydrogen (secondary N) is 1. The molecule has 0 aliphatic heterocycles. The van der Waals surface area contributed by atoms with Crippen molar-refractivity contribution in [1.29, 1.82) is 0 Å². The lowest BCUT2D eigenvalue weighted by Gasteiger charge is -2.16. The fourth-order valence-electron chi connectivity index (χ4n) is 1.81. The van der Waals surface area contributed by atoms with E-state index in [1.54, 1.807) is 24.4 Å². The van der Waals surface area contributed by atoms with Crippen LogP contribution in [0.25, 0.3) is 0 Å². The van der Waals surface area contributed by atoms with Crippen molar-refractivity contribution in [2.75, 3.05) is 0 Å². The number of hydrazone groups is 1.